The molecule has 3 rings (SSSR count). The van der Waals surface area contributed by atoms with Crippen LogP contribution in [0.3, 0.4) is 0 Å². The number of hydrogen-bond donors (Lipinski definition) is 1. The van der Waals surface area contributed by atoms with Crippen LogP contribution in [-0.2, 0) is 0 Å². The maximum absolute atomic E-state index is 13.3. The van der Waals surface area contributed by atoms with E-state index in [1.165, 1.54) is 44.2 Å². The van der Waals surface area contributed by atoms with Crippen LogP contribution >= 0.6 is 15.9 Å². The first kappa shape index (κ1) is 13.9. The number of anilines is 1. The maximum atomic E-state index is 13.3. The first-order valence-corrected chi connectivity index (χ1v) is 8.38. The van der Waals surface area contributed by atoms with E-state index in [4.69, 9.17) is 0 Å². The quantitative estimate of drug-likeness (QED) is 0.845. The van der Waals surface area contributed by atoms with Gasteiger partial charge in [0.25, 0.3) is 0 Å². The third kappa shape index (κ3) is 2.82. The third-order valence-corrected chi connectivity index (χ3v) is 4.40. The Morgan fingerprint density at radius 2 is 2.10 bits per heavy atom. The van der Waals surface area contributed by atoms with Crippen molar-refractivity contribution in [3.05, 3.63) is 24.0 Å². The van der Waals surface area contributed by atoms with E-state index in [1.54, 1.807) is 6.07 Å². The summed E-state index contributed by atoms with van der Waals surface area (Å²) in [7, 11) is 0. The number of imidazole rings is 1. The zero-order valence-corrected chi connectivity index (χ0v) is 13.0. The molecule has 1 N–H and O–H groups in total. The van der Waals surface area contributed by atoms with Crippen LogP contribution in [0.4, 0.5) is 10.3 Å². The summed E-state index contributed by atoms with van der Waals surface area (Å²) in [5.41, 5.74) is 1.60. The van der Waals surface area contributed by atoms with Gasteiger partial charge in [-0.1, -0.05) is 35.2 Å². The van der Waals surface area contributed by atoms with Crippen LogP contribution in [0.15, 0.2) is 18.2 Å². The maximum Gasteiger partial charge on any atom is 0.204 e. The Hall–Kier alpha value is -1.10. The Morgan fingerprint density at radius 1 is 1.30 bits per heavy atom. The zero-order chi connectivity index (χ0) is 13.9. The van der Waals surface area contributed by atoms with Crippen molar-refractivity contribution >= 4 is 32.9 Å². The van der Waals surface area contributed by atoms with Gasteiger partial charge in [-0.3, -0.25) is 0 Å². The van der Waals surface area contributed by atoms with E-state index in [-0.39, 0.29) is 5.82 Å². The third-order valence-electron chi connectivity index (χ3n) is 4.04. The predicted molar refractivity (Wildman–Crippen MR) is 84.1 cm³/mol. The molecule has 3 nitrogen and oxygen atoms in total. The van der Waals surface area contributed by atoms with Crippen molar-refractivity contribution < 1.29 is 4.39 Å². The molecular weight excluding hydrogens is 321 g/mol. The molecule has 0 amide bonds. The first-order valence-electron chi connectivity index (χ1n) is 7.26. The Bertz CT molecular complexity index is 578. The highest BCUT2D eigenvalue weighted by atomic mass is 79.9. The van der Waals surface area contributed by atoms with Crippen molar-refractivity contribution in [1.82, 2.24) is 9.97 Å². The van der Waals surface area contributed by atoms with Crippen molar-refractivity contribution in [2.45, 2.75) is 38.1 Å². The smallest absolute Gasteiger partial charge is 0.204 e. The van der Waals surface area contributed by atoms with Crippen molar-refractivity contribution in [3.8, 4) is 0 Å². The van der Waals surface area contributed by atoms with Gasteiger partial charge in [0.1, 0.15) is 5.82 Å². The Balaban J connectivity index is 1.91. The van der Waals surface area contributed by atoms with Crippen LogP contribution in [0, 0.1) is 5.82 Å². The number of H-pyrrole nitrogens is 1. The fourth-order valence-electron chi connectivity index (χ4n) is 3.05. The topological polar surface area (TPSA) is 31.9 Å². The van der Waals surface area contributed by atoms with Gasteiger partial charge in [0.05, 0.1) is 11.0 Å². The lowest BCUT2D eigenvalue weighted by Crippen LogP contribution is -2.38. The van der Waals surface area contributed by atoms with E-state index in [1.807, 2.05) is 0 Å². The van der Waals surface area contributed by atoms with Gasteiger partial charge < -0.3 is 9.88 Å². The summed E-state index contributed by atoms with van der Waals surface area (Å²) in [5.74, 6) is 0.648. The average Bonchev–Trinajstić information content (AvgIpc) is 2.88. The molecule has 1 aliphatic rings. The summed E-state index contributed by atoms with van der Waals surface area (Å²) in [6.45, 7) is 0.924. The van der Waals surface area contributed by atoms with Crippen LogP contribution in [0.5, 0.6) is 0 Å². The van der Waals surface area contributed by atoms with E-state index >= 15 is 0 Å². The van der Waals surface area contributed by atoms with Crippen LogP contribution in [-0.4, -0.2) is 27.9 Å². The van der Waals surface area contributed by atoms with Crippen LogP contribution in [0.2, 0.25) is 0 Å². The number of fused-ring (bicyclic) bond motifs is 1. The minimum atomic E-state index is -0.225. The number of hydrogen-bond acceptors (Lipinski definition) is 2. The molecule has 0 atom stereocenters. The van der Waals surface area contributed by atoms with Crippen molar-refractivity contribution in [2.24, 2.45) is 0 Å². The van der Waals surface area contributed by atoms with Gasteiger partial charge in [-0.25, -0.2) is 9.37 Å². The number of benzene rings is 1. The summed E-state index contributed by atoms with van der Waals surface area (Å²) in [4.78, 5) is 10.2. The van der Waals surface area contributed by atoms with Gasteiger partial charge in [-0.2, -0.15) is 0 Å². The molecule has 1 heterocycles. The molecule has 1 aliphatic carbocycles. The van der Waals surface area contributed by atoms with E-state index in [2.05, 4.69) is 30.8 Å². The fourth-order valence-corrected chi connectivity index (χ4v) is 3.43. The van der Waals surface area contributed by atoms with Crippen molar-refractivity contribution in [1.29, 1.82) is 0 Å². The largest absolute Gasteiger partial charge is 0.339 e. The normalized spacial score (nSPS) is 16.7. The Labute approximate surface area is 126 Å². The molecule has 0 bridgehead atoms. The molecule has 0 radical (unpaired) electrons. The summed E-state index contributed by atoms with van der Waals surface area (Å²) in [6, 6.07) is 5.26. The Kier molecular flexibility index (Phi) is 4.24. The monoisotopic (exact) mass is 339 g/mol. The summed E-state index contributed by atoms with van der Waals surface area (Å²) >= 11 is 3.53. The molecule has 1 saturated carbocycles. The van der Waals surface area contributed by atoms with Gasteiger partial charge in [-0.15, -0.1) is 0 Å². The number of nitrogens with zero attached hydrogens (tertiary/aromatic N) is 2. The van der Waals surface area contributed by atoms with Gasteiger partial charge in [-0.05, 0) is 31.0 Å². The molecule has 5 heteroatoms. The van der Waals surface area contributed by atoms with E-state index < -0.39 is 0 Å². The number of nitrogens with one attached hydrogen (secondary N) is 1. The highest BCUT2D eigenvalue weighted by Gasteiger charge is 2.23. The van der Waals surface area contributed by atoms with Crippen molar-refractivity contribution in [2.75, 3.05) is 16.8 Å². The number of rotatable bonds is 4. The highest BCUT2D eigenvalue weighted by molar-refractivity contribution is 9.09. The van der Waals surface area contributed by atoms with E-state index in [0.717, 1.165) is 28.9 Å². The SMILES string of the molecule is Fc1ccc2nc(N(CCBr)C3CCCCC3)[nH]c2c1. The second-order valence-corrected chi connectivity index (χ2v) is 6.19. The molecule has 1 fully saturated rings. The molecule has 0 aliphatic heterocycles. The van der Waals surface area contributed by atoms with Gasteiger partial charge in [0.2, 0.25) is 5.95 Å². The lowest BCUT2D eigenvalue weighted by Gasteiger charge is -2.33. The molecule has 108 valence electrons. The van der Waals surface area contributed by atoms with E-state index in [0.29, 0.717) is 6.04 Å². The second-order valence-electron chi connectivity index (χ2n) is 5.40. The molecular formula is C15H19BrFN3. The minimum Gasteiger partial charge on any atom is -0.339 e. The Morgan fingerprint density at radius 3 is 2.85 bits per heavy atom. The molecule has 0 unspecified atom stereocenters. The highest BCUT2D eigenvalue weighted by Crippen LogP contribution is 2.27. The number of aromatic nitrogens is 2. The summed E-state index contributed by atoms with van der Waals surface area (Å²) in [6.07, 6.45) is 6.36. The van der Waals surface area contributed by atoms with E-state index in [9.17, 15) is 4.39 Å². The van der Waals surface area contributed by atoms with Crippen molar-refractivity contribution in [3.63, 3.8) is 0 Å². The lowest BCUT2D eigenvalue weighted by molar-refractivity contribution is 0.415. The lowest BCUT2D eigenvalue weighted by atomic mass is 9.94. The minimum absolute atomic E-state index is 0.225. The fraction of sp³-hybridized carbons (Fsp3) is 0.533. The average molecular weight is 340 g/mol. The number of alkyl halides is 1. The number of aromatic amines is 1. The van der Waals surface area contributed by atoms with Gasteiger partial charge in [0.15, 0.2) is 0 Å². The molecule has 1 aromatic heterocycles. The van der Waals surface area contributed by atoms with Crippen LogP contribution in [0.1, 0.15) is 32.1 Å². The second kappa shape index (κ2) is 6.12. The molecule has 1 aromatic carbocycles. The predicted octanol–water partition coefficient (Wildman–Crippen LogP) is 4.24. The van der Waals surface area contributed by atoms with Gasteiger partial charge >= 0.3 is 0 Å². The van der Waals surface area contributed by atoms with Crippen LogP contribution < -0.4 is 4.90 Å². The molecule has 0 saturated heterocycles. The number of halogens is 2. The zero-order valence-electron chi connectivity index (χ0n) is 11.4. The summed E-state index contributed by atoms with van der Waals surface area (Å²) < 4.78 is 13.3. The molecule has 2 aromatic rings. The molecule has 0 spiro atoms. The molecule has 20 heavy (non-hydrogen) atoms. The van der Waals surface area contributed by atoms with Gasteiger partial charge in [0, 0.05) is 17.9 Å². The summed E-state index contributed by atoms with van der Waals surface area (Å²) in [5, 5.41) is 0.912. The standard InChI is InChI=1S/C15H19BrFN3/c16-8-9-20(12-4-2-1-3-5-12)15-18-13-7-6-11(17)10-14(13)19-15/h6-7,10,12H,1-5,8-9H2,(H,18,19). The first-order chi connectivity index (χ1) is 9.78. The van der Waals surface area contributed by atoms with Crippen LogP contribution in [0.25, 0.3) is 11.0 Å².